The number of amides is 2. The molecule has 0 aromatic heterocycles. The molecule has 0 spiro atoms. The Morgan fingerprint density at radius 3 is 2.42 bits per heavy atom. The highest BCUT2D eigenvalue weighted by atomic mass is 35.5. The maximum Gasteiger partial charge on any atom is 0.265 e. The van der Waals surface area contributed by atoms with Gasteiger partial charge in [0.15, 0.2) is 6.10 Å². The molecule has 2 N–H and O–H groups in total. The summed E-state index contributed by atoms with van der Waals surface area (Å²) in [6, 6.07) is 12.2. The number of rotatable bonds is 7. The maximum atomic E-state index is 12.3. The van der Waals surface area contributed by atoms with Crippen LogP contribution >= 0.6 is 23.2 Å². The van der Waals surface area contributed by atoms with Crippen molar-refractivity contribution in [3.05, 3.63) is 58.1 Å². The van der Waals surface area contributed by atoms with Crippen molar-refractivity contribution in [2.75, 3.05) is 12.4 Å². The van der Waals surface area contributed by atoms with Crippen molar-refractivity contribution in [2.24, 2.45) is 0 Å². The van der Waals surface area contributed by atoms with Gasteiger partial charge in [0.1, 0.15) is 5.75 Å². The number of carbonyl (C=O) groups is 2. The van der Waals surface area contributed by atoms with Crippen LogP contribution in [0.3, 0.4) is 0 Å². The lowest BCUT2D eigenvalue weighted by Gasteiger charge is -2.16. The van der Waals surface area contributed by atoms with Crippen LogP contribution in [-0.4, -0.2) is 25.0 Å². The number of carbonyl (C=O) groups excluding carboxylic acids is 2. The minimum absolute atomic E-state index is 0.00536. The second-order valence-corrected chi connectivity index (χ2v) is 6.54. The van der Waals surface area contributed by atoms with E-state index in [1.807, 2.05) is 12.1 Å². The van der Waals surface area contributed by atoms with E-state index in [9.17, 15) is 9.59 Å². The number of ether oxygens (including phenoxy) is 1. The van der Waals surface area contributed by atoms with Gasteiger partial charge in [0.25, 0.3) is 5.91 Å². The summed E-state index contributed by atoms with van der Waals surface area (Å²) in [5.41, 5.74) is 1.67. The van der Waals surface area contributed by atoms with Gasteiger partial charge in [0, 0.05) is 24.2 Å². The first-order chi connectivity index (χ1) is 12.4. The Hall–Kier alpha value is -2.24. The molecule has 2 aromatic carbocycles. The monoisotopic (exact) mass is 394 g/mol. The number of halogens is 2. The number of hydrogen-bond donors (Lipinski definition) is 2. The second-order valence-electron chi connectivity index (χ2n) is 5.69. The summed E-state index contributed by atoms with van der Waals surface area (Å²) in [5.74, 6) is 0.0894. The van der Waals surface area contributed by atoms with Crippen LogP contribution in [0.4, 0.5) is 5.69 Å². The summed E-state index contributed by atoms with van der Waals surface area (Å²) in [4.78, 5) is 23.5. The molecule has 0 radical (unpaired) electrons. The molecule has 0 aliphatic rings. The fourth-order valence-electron chi connectivity index (χ4n) is 2.20. The second kappa shape index (κ2) is 9.46. The van der Waals surface area contributed by atoms with Crippen LogP contribution in [0.5, 0.6) is 5.75 Å². The smallest absolute Gasteiger partial charge is 0.265 e. The standard InChI is InChI=1S/C19H20Cl2N2O3/c1-12(26-17-9-6-14(20)11-16(17)21)19(25)23-15-7-3-13(4-8-15)5-10-18(24)22-2/h3-4,6-9,11-12H,5,10H2,1-2H3,(H,22,24)(H,23,25). The summed E-state index contributed by atoms with van der Waals surface area (Å²) in [5, 5.41) is 6.21. The maximum absolute atomic E-state index is 12.3. The first kappa shape index (κ1) is 20.1. The lowest BCUT2D eigenvalue weighted by molar-refractivity contribution is -0.122. The van der Waals surface area contributed by atoms with E-state index in [1.165, 1.54) is 0 Å². The molecule has 2 rings (SSSR count). The van der Waals surface area contributed by atoms with Crippen molar-refractivity contribution in [2.45, 2.75) is 25.9 Å². The van der Waals surface area contributed by atoms with Gasteiger partial charge in [-0.3, -0.25) is 9.59 Å². The minimum atomic E-state index is -0.735. The molecule has 1 atom stereocenters. The summed E-state index contributed by atoms with van der Waals surface area (Å²) in [6.07, 6.45) is 0.332. The Kier molecular flexibility index (Phi) is 7.30. The third-order valence-corrected chi connectivity index (χ3v) is 4.24. The third kappa shape index (κ3) is 5.93. The van der Waals surface area contributed by atoms with Gasteiger partial charge in [-0.1, -0.05) is 35.3 Å². The normalized spacial score (nSPS) is 11.5. The predicted molar refractivity (Wildman–Crippen MR) is 104 cm³/mol. The molecule has 2 amide bonds. The van der Waals surface area contributed by atoms with Crippen LogP contribution in [0.25, 0.3) is 0 Å². The molecule has 0 bridgehead atoms. The van der Waals surface area contributed by atoms with Crippen molar-refractivity contribution in [1.29, 1.82) is 0 Å². The van der Waals surface area contributed by atoms with Crippen molar-refractivity contribution >= 4 is 40.7 Å². The zero-order chi connectivity index (χ0) is 19.1. The van der Waals surface area contributed by atoms with Crippen LogP contribution in [0.1, 0.15) is 18.9 Å². The summed E-state index contributed by atoms with van der Waals surface area (Å²) < 4.78 is 5.59. The van der Waals surface area contributed by atoms with Gasteiger partial charge in [0.2, 0.25) is 5.91 Å². The zero-order valence-corrected chi connectivity index (χ0v) is 16.0. The van der Waals surface area contributed by atoms with Gasteiger partial charge in [-0.15, -0.1) is 0 Å². The summed E-state index contributed by atoms with van der Waals surface area (Å²) in [6.45, 7) is 1.64. The van der Waals surface area contributed by atoms with E-state index >= 15 is 0 Å². The van der Waals surface area contributed by atoms with E-state index < -0.39 is 6.10 Å². The molecule has 0 aliphatic carbocycles. The molecule has 2 aromatic rings. The SMILES string of the molecule is CNC(=O)CCc1ccc(NC(=O)C(C)Oc2ccc(Cl)cc2Cl)cc1. The molecule has 5 nitrogen and oxygen atoms in total. The average Bonchev–Trinajstić information content (AvgIpc) is 2.63. The Morgan fingerprint density at radius 1 is 1.12 bits per heavy atom. The zero-order valence-electron chi connectivity index (χ0n) is 14.5. The van der Waals surface area contributed by atoms with Crippen molar-refractivity contribution in [3.8, 4) is 5.75 Å². The largest absolute Gasteiger partial charge is 0.479 e. The quantitative estimate of drug-likeness (QED) is 0.743. The molecule has 7 heteroatoms. The third-order valence-electron chi connectivity index (χ3n) is 3.71. The van der Waals surface area contributed by atoms with Crippen LogP contribution in [-0.2, 0) is 16.0 Å². The molecular weight excluding hydrogens is 375 g/mol. The minimum Gasteiger partial charge on any atom is -0.479 e. The van der Waals surface area contributed by atoms with Crippen molar-refractivity contribution in [3.63, 3.8) is 0 Å². The lowest BCUT2D eigenvalue weighted by atomic mass is 10.1. The fourth-order valence-corrected chi connectivity index (χ4v) is 2.65. The predicted octanol–water partition coefficient (Wildman–Crippen LogP) is 4.08. The molecular formula is C19H20Cl2N2O3. The molecule has 138 valence electrons. The first-order valence-corrected chi connectivity index (χ1v) is 8.86. The van der Waals surface area contributed by atoms with Gasteiger partial charge in [-0.2, -0.15) is 0 Å². The molecule has 0 heterocycles. The van der Waals surface area contributed by atoms with Crippen LogP contribution in [0, 0.1) is 0 Å². The van der Waals surface area contributed by atoms with Crippen LogP contribution in [0.15, 0.2) is 42.5 Å². The number of benzene rings is 2. The Morgan fingerprint density at radius 2 is 1.81 bits per heavy atom. The fraction of sp³-hybridized carbons (Fsp3) is 0.263. The number of hydrogen-bond acceptors (Lipinski definition) is 3. The molecule has 1 unspecified atom stereocenters. The molecule has 26 heavy (non-hydrogen) atoms. The van der Waals surface area contributed by atoms with E-state index in [-0.39, 0.29) is 11.8 Å². The van der Waals surface area contributed by atoms with Gasteiger partial charge in [-0.25, -0.2) is 0 Å². The topological polar surface area (TPSA) is 67.4 Å². The number of aryl methyl sites for hydroxylation is 1. The van der Waals surface area contributed by atoms with Crippen LogP contribution in [0.2, 0.25) is 10.0 Å². The molecule has 0 aliphatic heterocycles. The van der Waals surface area contributed by atoms with Gasteiger partial charge < -0.3 is 15.4 Å². The van der Waals surface area contributed by atoms with E-state index in [2.05, 4.69) is 10.6 Å². The Labute approximate surface area is 162 Å². The van der Waals surface area contributed by atoms with E-state index in [0.29, 0.717) is 34.3 Å². The summed E-state index contributed by atoms with van der Waals surface area (Å²) in [7, 11) is 1.61. The highest BCUT2D eigenvalue weighted by molar-refractivity contribution is 6.35. The molecule has 0 fully saturated rings. The molecule has 0 saturated carbocycles. The van der Waals surface area contributed by atoms with Gasteiger partial charge >= 0.3 is 0 Å². The van der Waals surface area contributed by atoms with E-state index in [1.54, 1.807) is 44.3 Å². The molecule has 0 saturated heterocycles. The van der Waals surface area contributed by atoms with Gasteiger partial charge in [0.05, 0.1) is 5.02 Å². The first-order valence-electron chi connectivity index (χ1n) is 8.11. The average molecular weight is 395 g/mol. The van der Waals surface area contributed by atoms with E-state index in [0.717, 1.165) is 5.56 Å². The van der Waals surface area contributed by atoms with Gasteiger partial charge in [-0.05, 0) is 49.2 Å². The highest BCUT2D eigenvalue weighted by Crippen LogP contribution is 2.28. The van der Waals surface area contributed by atoms with E-state index in [4.69, 9.17) is 27.9 Å². The Bertz CT molecular complexity index is 779. The summed E-state index contributed by atoms with van der Waals surface area (Å²) >= 11 is 11.9. The van der Waals surface area contributed by atoms with Crippen molar-refractivity contribution in [1.82, 2.24) is 5.32 Å². The Balaban J connectivity index is 1.90. The van der Waals surface area contributed by atoms with Crippen LogP contribution < -0.4 is 15.4 Å². The number of nitrogens with one attached hydrogen (secondary N) is 2. The number of anilines is 1. The lowest BCUT2D eigenvalue weighted by Crippen LogP contribution is -2.30. The highest BCUT2D eigenvalue weighted by Gasteiger charge is 2.16. The van der Waals surface area contributed by atoms with Crippen molar-refractivity contribution < 1.29 is 14.3 Å².